The zero-order chi connectivity index (χ0) is 10.6. The summed E-state index contributed by atoms with van der Waals surface area (Å²) in [6.45, 7) is 0.573. The number of aliphatic imine (C=N–C) groups is 1. The molecule has 0 spiro atoms. The summed E-state index contributed by atoms with van der Waals surface area (Å²) < 4.78 is 0.796. The van der Waals surface area contributed by atoms with E-state index in [9.17, 15) is 4.79 Å². The van der Waals surface area contributed by atoms with E-state index in [1.165, 1.54) is 0 Å². The molecule has 0 unspecified atom stereocenters. The third-order valence-corrected chi connectivity index (χ3v) is 2.75. The second-order valence-electron chi connectivity index (χ2n) is 3.02. The van der Waals surface area contributed by atoms with Crippen LogP contribution in [-0.4, -0.2) is 34.9 Å². The van der Waals surface area contributed by atoms with Crippen LogP contribution in [0.25, 0.3) is 0 Å². The molecule has 1 amide bonds. The highest BCUT2D eigenvalue weighted by Crippen LogP contribution is 2.14. The second kappa shape index (κ2) is 5.51. The molecule has 0 bridgehead atoms. The summed E-state index contributed by atoms with van der Waals surface area (Å²) in [7, 11) is 1.77. The molecule has 0 saturated carbocycles. The number of alkyl halides is 1. The van der Waals surface area contributed by atoms with Crippen molar-refractivity contribution in [3.63, 3.8) is 0 Å². The van der Waals surface area contributed by atoms with Crippen molar-refractivity contribution in [1.29, 1.82) is 0 Å². The van der Waals surface area contributed by atoms with Crippen LogP contribution in [0.1, 0.15) is 12.8 Å². The molecule has 1 aliphatic rings. The first-order chi connectivity index (χ1) is 6.65. The van der Waals surface area contributed by atoms with Crippen molar-refractivity contribution in [1.82, 2.24) is 4.90 Å². The maximum Gasteiger partial charge on any atom is 0.226 e. The molecule has 0 aliphatic carbocycles. The molecule has 0 radical (unpaired) electrons. The first-order valence-corrected chi connectivity index (χ1v) is 5.71. The highest BCUT2D eigenvalue weighted by atomic mass is 79.9. The van der Waals surface area contributed by atoms with Gasteiger partial charge in [-0.05, 0) is 28.4 Å². The SMILES string of the molecule is CN(C(=O)CCCCl)C1=CC(Br)=NC1. The molecule has 0 atom stereocenters. The van der Waals surface area contributed by atoms with E-state index >= 15 is 0 Å². The number of rotatable bonds is 4. The van der Waals surface area contributed by atoms with Crippen molar-refractivity contribution in [2.75, 3.05) is 19.5 Å². The molecule has 0 aromatic carbocycles. The molecule has 0 aromatic rings. The van der Waals surface area contributed by atoms with Gasteiger partial charge in [0, 0.05) is 25.0 Å². The number of carbonyl (C=O) groups is 1. The summed E-state index contributed by atoms with van der Waals surface area (Å²) in [5.41, 5.74) is 0.927. The first-order valence-electron chi connectivity index (χ1n) is 4.38. The van der Waals surface area contributed by atoms with Gasteiger partial charge in [-0.15, -0.1) is 11.6 Å². The average molecular weight is 280 g/mol. The van der Waals surface area contributed by atoms with Gasteiger partial charge in [-0.2, -0.15) is 0 Å². The summed E-state index contributed by atoms with van der Waals surface area (Å²) in [6, 6.07) is 0. The monoisotopic (exact) mass is 278 g/mol. The number of allylic oxidation sites excluding steroid dienone is 1. The first kappa shape index (κ1) is 11.7. The fourth-order valence-electron chi connectivity index (χ4n) is 1.13. The summed E-state index contributed by atoms with van der Waals surface area (Å²) in [6.07, 6.45) is 3.08. The fraction of sp³-hybridized carbons (Fsp3) is 0.556. The van der Waals surface area contributed by atoms with Crippen LogP contribution in [0.3, 0.4) is 0 Å². The van der Waals surface area contributed by atoms with Gasteiger partial charge in [0.2, 0.25) is 5.91 Å². The van der Waals surface area contributed by atoms with E-state index in [2.05, 4.69) is 20.9 Å². The van der Waals surface area contributed by atoms with E-state index in [1.54, 1.807) is 11.9 Å². The van der Waals surface area contributed by atoms with Crippen LogP contribution >= 0.6 is 27.5 Å². The number of hydrogen-bond acceptors (Lipinski definition) is 2. The van der Waals surface area contributed by atoms with E-state index in [0.29, 0.717) is 18.8 Å². The lowest BCUT2D eigenvalue weighted by molar-refractivity contribution is -0.128. The van der Waals surface area contributed by atoms with Crippen LogP contribution in [0.4, 0.5) is 0 Å². The van der Waals surface area contributed by atoms with Crippen molar-refractivity contribution >= 4 is 38.1 Å². The second-order valence-corrected chi connectivity index (χ2v) is 4.21. The van der Waals surface area contributed by atoms with Gasteiger partial charge in [-0.3, -0.25) is 9.79 Å². The van der Waals surface area contributed by atoms with E-state index in [-0.39, 0.29) is 5.91 Å². The number of nitrogens with zero attached hydrogens (tertiary/aromatic N) is 2. The maximum absolute atomic E-state index is 11.6. The van der Waals surface area contributed by atoms with Crippen LogP contribution in [0.15, 0.2) is 16.8 Å². The lowest BCUT2D eigenvalue weighted by Crippen LogP contribution is -2.26. The van der Waals surface area contributed by atoms with Crippen molar-refractivity contribution in [3.05, 3.63) is 11.8 Å². The smallest absolute Gasteiger partial charge is 0.226 e. The zero-order valence-electron chi connectivity index (χ0n) is 7.96. The number of amides is 1. The molecule has 0 fully saturated rings. The minimum Gasteiger partial charge on any atom is -0.317 e. The predicted molar refractivity (Wildman–Crippen MR) is 62.0 cm³/mol. The van der Waals surface area contributed by atoms with Crippen molar-refractivity contribution in [3.8, 4) is 0 Å². The molecule has 1 heterocycles. The van der Waals surface area contributed by atoms with Crippen LogP contribution in [0.5, 0.6) is 0 Å². The highest BCUT2D eigenvalue weighted by molar-refractivity contribution is 9.18. The van der Waals surface area contributed by atoms with Gasteiger partial charge in [-0.25, -0.2) is 0 Å². The molecule has 78 valence electrons. The highest BCUT2D eigenvalue weighted by Gasteiger charge is 2.15. The Labute approximate surface area is 97.0 Å². The third-order valence-electron chi connectivity index (χ3n) is 2.01. The summed E-state index contributed by atoms with van der Waals surface area (Å²) in [5.74, 6) is 0.619. The lowest BCUT2D eigenvalue weighted by Gasteiger charge is -2.17. The normalized spacial score (nSPS) is 15.1. The molecular formula is C9H12BrClN2O. The van der Waals surface area contributed by atoms with E-state index in [4.69, 9.17) is 11.6 Å². The van der Waals surface area contributed by atoms with Crippen LogP contribution in [-0.2, 0) is 4.79 Å². The summed E-state index contributed by atoms with van der Waals surface area (Å²) in [5, 5.41) is 0. The molecule has 3 nitrogen and oxygen atoms in total. The molecule has 5 heteroatoms. The quantitative estimate of drug-likeness (QED) is 0.726. The third kappa shape index (κ3) is 3.10. The summed E-state index contributed by atoms with van der Waals surface area (Å²) >= 11 is 8.78. The largest absolute Gasteiger partial charge is 0.317 e. The summed E-state index contributed by atoms with van der Waals surface area (Å²) in [4.78, 5) is 17.3. The fourth-order valence-corrected chi connectivity index (χ4v) is 1.66. The minimum absolute atomic E-state index is 0.0919. The predicted octanol–water partition coefficient (Wildman–Crippen LogP) is 2.15. The topological polar surface area (TPSA) is 32.7 Å². The molecule has 14 heavy (non-hydrogen) atoms. The molecule has 1 aliphatic heterocycles. The standard InChI is InChI=1S/C9H12BrClN2O/c1-13(9(14)3-2-4-11)7-5-8(10)12-6-7/h5H,2-4,6H2,1H3. The van der Waals surface area contributed by atoms with Gasteiger partial charge in [-0.1, -0.05) is 0 Å². The average Bonchev–Trinajstić information content (AvgIpc) is 2.60. The number of likely N-dealkylation sites (N-methyl/N-ethyl adjacent to an activating group) is 1. The Bertz CT molecular complexity index is 289. The number of carbonyl (C=O) groups excluding carboxylic acids is 1. The van der Waals surface area contributed by atoms with Crippen LogP contribution in [0, 0.1) is 0 Å². The van der Waals surface area contributed by atoms with E-state index < -0.39 is 0 Å². The Balaban J connectivity index is 2.46. The van der Waals surface area contributed by atoms with Crippen molar-refractivity contribution in [2.45, 2.75) is 12.8 Å². The van der Waals surface area contributed by atoms with Gasteiger partial charge >= 0.3 is 0 Å². The van der Waals surface area contributed by atoms with E-state index in [0.717, 1.165) is 16.7 Å². The zero-order valence-corrected chi connectivity index (χ0v) is 10.3. The molecule has 1 rings (SSSR count). The molecule has 0 aromatic heterocycles. The van der Waals surface area contributed by atoms with Gasteiger partial charge < -0.3 is 4.90 Å². The molecule has 0 N–H and O–H groups in total. The van der Waals surface area contributed by atoms with Crippen molar-refractivity contribution in [2.24, 2.45) is 4.99 Å². The molecular weight excluding hydrogens is 267 g/mol. The number of hydrogen-bond donors (Lipinski definition) is 0. The minimum atomic E-state index is 0.0919. The number of halogens is 2. The van der Waals surface area contributed by atoms with Gasteiger partial charge in [0.05, 0.1) is 6.54 Å². The van der Waals surface area contributed by atoms with Crippen molar-refractivity contribution < 1.29 is 4.79 Å². The Morgan fingerprint density at radius 3 is 3.00 bits per heavy atom. The van der Waals surface area contributed by atoms with Gasteiger partial charge in [0.15, 0.2) is 0 Å². The lowest BCUT2D eigenvalue weighted by atomic mass is 10.3. The Morgan fingerprint density at radius 1 is 1.79 bits per heavy atom. The Kier molecular flexibility index (Phi) is 4.62. The Hall–Kier alpha value is -0.350. The Morgan fingerprint density at radius 2 is 2.50 bits per heavy atom. The maximum atomic E-state index is 11.6. The molecule has 0 saturated heterocycles. The van der Waals surface area contributed by atoms with Crippen LogP contribution < -0.4 is 0 Å². The van der Waals surface area contributed by atoms with E-state index in [1.807, 2.05) is 6.08 Å². The van der Waals surface area contributed by atoms with Crippen LogP contribution in [0.2, 0.25) is 0 Å². The van der Waals surface area contributed by atoms with Gasteiger partial charge in [0.25, 0.3) is 0 Å². The van der Waals surface area contributed by atoms with Gasteiger partial charge in [0.1, 0.15) is 4.62 Å².